The predicted octanol–water partition coefficient (Wildman–Crippen LogP) is 1.75. The number of alkyl halides is 1. The molecular weight excluding hydrogens is 169 g/mol. The average Bonchev–Trinajstić information content (AvgIpc) is 2.31. The van der Waals surface area contributed by atoms with Gasteiger partial charge in [-0.05, 0) is 6.42 Å². The molecule has 0 bridgehead atoms. The lowest BCUT2D eigenvalue weighted by atomic mass is 10.3. The number of unbranched alkanes of at least 4 members (excludes halogenated alkanes) is 1. The summed E-state index contributed by atoms with van der Waals surface area (Å²) in [6.45, 7) is 2.78. The molecule has 0 saturated carbocycles. The van der Waals surface area contributed by atoms with Gasteiger partial charge in [-0.25, -0.2) is 0 Å². The van der Waals surface area contributed by atoms with E-state index in [1.807, 2.05) is 0 Å². The summed E-state index contributed by atoms with van der Waals surface area (Å²) in [5.74, 6) is 0. The molecule has 0 aliphatic carbocycles. The smallest absolute Gasteiger partial charge is 0.224 e. The monoisotopic (exact) mass is 179 g/mol. The van der Waals surface area contributed by atoms with E-state index in [-0.39, 0.29) is 0 Å². The van der Waals surface area contributed by atoms with E-state index in [0.29, 0.717) is 11.7 Å². The van der Waals surface area contributed by atoms with Gasteiger partial charge in [-0.3, -0.25) is 5.01 Å². The molecule has 0 radical (unpaired) electrons. The lowest BCUT2D eigenvalue weighted by Gasteiger charge is -2.18. The fourth-order valence-corrected chi connectivity index (χ4v) is 1.04. The highest BCUT2D eigenvalue weighted by molar-refractivity contribution is 6.20. The van der Waals surface area contributed by atoms with Crippen LogP contribution in [0.25, 0.3) is 0 Å². The number of hydrogen-bond acceptors (Lipinski definition) is 3. The Morgan fingerprint density at radius 3 is 2.91 bits per heavy atom. The zero-order valence-electron chi connectivity index (χ0n) is 6.37. The van der Waals surface area contributed by atoms with Gasteiger partial charge in [0.1, 0.15) is 6.34 Å². The molecule has 0 aromatic rings. The molecule has 3 nitrogen and oxygen atoms in total. The van der Waals surface area contributed by atoms with E-state index in [1.54, 1.807) is 0 Å². The Morgan fingerprint density at radius 1 is 1.73 bits per heavy atom. The summed E-state index contributed by atoms with van der Waals surface area (Å²) in [7, 11) is 0. The van der Waals surface area contributed by atoms with Gasteiger partial charge in [-0.15, -0.1) is 0 Å². The lowest BCUT2D eigenvalue weighted by molar-refractivity contribution is 0.0531. The van der Waals surface area contributed by atoms with Gasteiger partial charge in [0, 0.05) is 6.54 Å². The molecule has 1 heterocycles. The molecule has 0 aromatic heterocycles. The molecule has 0 fully saturated rings. The first-order valence-electron chi connectivity index (χ1n) is 3.64. The molecule has 0 spiro atoms. The molecule has 0 amide bonds. The molecule has 0 saturated heterocycles. The maximum absolute atomic E-state index is 12.5. The van der Waals surface area contributed by atoms with Gasteiger partial charge in [0.25, 0.3) is 0 Å². The first kappa shape index (κ1) is 8.59. The van der Waals surface area contributed by atoms with Gasteiger partial charge >= 0.3 is 0 Å². The molecule has 1 unspecified atom stereocenters. The third kappa shape index (κ3) is 1.96. The maximum atomic E-state index is 12.5. The quantitative estimate of drug-likeness (QED) is 0.374. The van der Waals surface area contributed by atoms with Crippen LogP contribution in [0.3, 0.4) is 0 Å². The van der Waals surface area contributed by atoms with Crippen LogP contribution in [0.1, 0.15) is 19.8 Å². The van der Waals surface area contributed by atoms with E-state index in [1.165, 1.54) is 5.01 Å². The van der Waals surface area contributed by atoms with E-state index in [0.717, 1.165) is 19.2 Å². The van der Waals surface area contributed by atoms with Crippen LogP contribution in [0.5, 0.6) is 0 Å². The Bertz CT molecular complexity index is 153. The second kappa shape index (κ2) is 3.76. The second-order valence-corrected chi connectivity index (χ2v) is 2.79. The van der Waals surface area contributed by atoms with E-state index < -0.39 is 5.62 Å². The Kier molecular flexibility index (Phi) is 2.93. The van der Waals surface area contributed by atoms with Crippen LogP contribution >= 0.6 is 11.6 Å². The highest BCUT2D eigenvalue weighted by Crippen LogP contribution is 2.16. The maximum Gasteiger partial charge on any atom is 0.224 e. The summed E-state index contributed by atoms with van der Waals surface area (Å²) in [4.78, 5) is 0. The van der Waals surface area contributed by atoms with Gasteiger partial charge < -0.3 is 0 Å². The van der Waals surface area contributed by atoms with E-state index in [9.17, 15) is 4.48 Å². The van der Waals surface area contributed by atoms with Gasteiger partial charge in [0.15, 0.2) is 0 Å². The van der Waals surface area contributed by atoms with Crippen molar-refractivity contribution in [3.63, 3.8) is 0 Å². The largest absolute Gasteiger partial charge is 0.257 e. The van der Waals surface area contributed by atoms with Gasteiger partial charge in [-0.2, -0.15) is 10.2 Å². The van der Waals surface area contributed by atoms with E-state index in [4.69, 9.17) is 11.6 Å². The second-order valence-electron chi connectivity index (χ2n) is 2.40. The number of hydrogen-bond donors (Lipinski definition) is 0. The number of hydrazone groups is 1. The van der Waals surface area contributed by atoms with E-state index in [2.05, 4.69) is 12.0 Å². The van der Waals surface area contributed by atoms with Crippen molar-refractivity contribution in [3.8, 4) is 0 Å². The number of rotatable bonds is 3. The number of nitrogens with zero attached hydrogens (tertiary/aromatic N) is 3. The van der Waals surface area contributed by atoms with Gasteiger partial charge in [-0.1, -0.05) is 29.4 Å². The minimum absolute atomic E-state index is 0.386. The average molecular weight is 180 g/mol. The molecule has 0 aromatic carbocycles. The lowest BCUT2D eigenvalue weighted by Crippen LogP contribution is -2.30. The minimum Gasteiger partial charge on any atom is -0.257 e. The zero-order chi connectivity index (χ0) is 8.27. The molecule has 0 N–H and O–H groups in total. The van der Waals surface area contributed by atoms with Crippen molar-refractivity contribution >= 4 is 17.9 Å². The van der Waals surface area contributed by atoms with Gasteiger partial charge in [0.05, 0.1) is 0 Å². The first-order valence-corrected chi connectivity index (χ1v) is 4.08. The number of halogens is 2. The molecule has 1 aliphatic rings. The van der Waals surface area contributed by atoms with Crippen LogP contribution in [-0.2, 0) is 0 Å². The topological polar surface area (TPSA) is 18.8 Å². The van der Waals surface area contributed by atoms with Crippen LogP contribution in [-0.4, -0.2) is 28.6 Å². The zero-order valence-corrected chi connectivity index (χ0v) is 7.13. The molecule has 11 heavy (non-hydrogen) atoms. The summed E-state index contributed by atoms with van der Waals surface area (Å²) in [5.41, 5.74) is -0.749. The summed E-state index contributed by atoms with van der Waals surface area (Å²) in [5, 5.41) is 5.67. The fraction of sp³-hybridized carbons (Fsp3) is 0.833. The fourth-order valence-electron chi connectivity index (χ4n) is 0.837. The van der Waals surface area contributed by atoms with Crippen molar-refractivity contribution in [2.45, 2.75) is 25.4 Å². The summed E-state index contributed by atoms with van der Waals surface area (Å²) in [6, 6.07) is 0. The van der Waals surface area contributed by atoms with Crippen molar-refractivity contribution in [3.05, 3.63) is 0 Å². The Balaban J connectivity index is 2.31. The predicted molar refractivity (Wildman–Crippen MR) is 42.7 cm³/mol. The molecular formula is C6H11ClFN3. The van der Waals surface area contributed by atoms with Crippen LogP contribution < -0.4 is 0 Å². The molecule has 64 valence electrons. The summed E-state index contributed by atoms with van der Waals surface area (Å²) >= 11 is 5.62. The van der Waals surface area contributed by atoms with Crippen LogP contribution in [0, 0.1) is 0 Å². The molecule has 5 heteroatoms. The Hall–Kier alpha value is -0.510. The van der Waals surface area contributed by atoms with Crippen molar-refractivity contribution < 1.29 is 4.48 Å². The molecule has 1 atom stereocenters. The van der Waals surface area contributed by atoms with Crippen LogP contribution in [0.2, 0.25) is 0 Å². The van der Waals surface area contributed by atoms with Crippen molar-refractivity contribution in [1.82, 2.24) is 10.1 Å². The van der Waals surface area contributed by atoms with Gasteiger partial charge in [0.2, 0.25) is 5.62 Å². The Morgan fingerprint density at radius 2 is 2.45 bits per heavy atom. The highest BCUT2D eigenvalue weighted by atomic mass is 35.5. The van der Waals surface area contributed by atoms with Crippen molar-refractivity contribution in [1.29, 1.82) is 0 Å². The third-order valence-electron chi connectivity index (χ3n) is 1.50. The normalized spacial score (nSPS) is 23.4. The van der Waals surface area contributed by atoms with Crippen LogP contribution in [0.4, 0.5) is 4.48 Å². The minimum atomic E-state index is -0.749. The molecule has 1 rings (SSSR count). The van der Waals surface area contributed by atoms with Crippen LogP contribution in [0.15, 0.2) is 5.10 Å². The highest BCUT2D eigenvalue weighted by Gasteiger charge is 2.24. The summed E-state index contributed by atoms with van der Waals surface area (Å²) in [6.07, 6.45) is 3.13. The first-order chi connectivity index (χ1) is 5.25. The molecule has 1 aliphatic heterocycles. The van der Waals surface area contributed by atoms with E-state index >= 15 is 0 Å². The van der Waals surface area contributed by atoms with Crippen molar-refractivity contribution in [2.75, 3.05) is 6.54 Å². The van der Waals surface area contributed by atoms with Crippen molar-refractivity contribution in [2.24, 2.45) is 5.10 Å². The standard InChI is InChI=1S/C6H11ClFN3/c1-2-3-4-11-6(7)10(8)5-9-11/h5-6H,2-4H2,1H3. The Labute approximate surface area is 70.3 Å². The summed E-state index contributed by atoms with van der Waals surface area (Å²) < 4.78 is 12.5. The third-order valence-corrected chi connectivity index (χ3v) is 1.91. The SMILES string of the molecule is CCCCN1N=CN(F)C1Cl.